The highest BCUT2D eigenvalue weighted by Crippen LogP contribution is 2.26. The zero-order valence-electron chi connectivity index (χ0n) is 13.3. The van der Waals surface area contributed by atoms with E-state index in [1.54, 1.807) is 18.0 Å². The molecule has 0 aliphatic heterocycles. The molecule has 2 aromatic rings. The van der Waals surface area contributed by atoms with Gasteiger partial charge in [-0.25, -0.2) is 0 Å². The van der Waals surface area contributed by atoms with E-state index < -0.39 is 0 Å². The van der Waals surface area contributed by atoms with Crippen LogP contribution in [0.5, 0.6) is 11.5 Å². The van der Waals surface area contributed by atoms with Gasteiger partial charge in [0.1, 0.15) is 0 Å². The van der Waals surface area contributed by atoms with Crippen LogP contribution in [-0.2, 0) is 11.3 Å². The van der Waals surface area contributed by atoms with Gasteiger partial charge in [0.15, 0.2) is 18.1 Å². The second-order valence-corrected chi connectivity index (χ2v) is 5.48. The van der Waals surface area contributed by atoms with E-state index in [0.717, 1.165) is 5.56 Å². The molecule has 0 heterocycles. The van der Waals surface area contributed by atoms with Gasteiger partial charge in [0.05, 0.1) is 6.61 Å². The summed E-state index contributed by atoms with van der Waals surface area (Å²) < 4.78 is 11.1. The predicted octanol–water partition coefficient (Wildman–Crippen LogP) is 3.78. The Bertz CT molecular complexity index is 643. The predicted molar refractivity (Wildman–Crippen MR) is 91.0 cm³/mol. The Hall–Kier alpha value is -2.20. The van der Waals surface area contributed by atoms with E-state index in [1.165, 1.54) is 0 Å². The molecular formula is C18H20ClNO3. The fraction of sp³-hybridized carbons (Fsp3) is 0.278. The lowest BCUT2D eigenvalue weighted by atomic mass is 10.2. The number of amides is 1. The molecular weight excluding hydrogens is 314 g/mol. The van der Waals surface area contributed by atoms with Gasteiger partial charge in [-0.1, -0.05) is 35.9 Å². The molecule has 2 aromatic carbocycles. The van der Waals surface area contributed by atoms with Crippen molar-refractivity contribution in [3.63, 3.8) is 0 Å². The molecule has 0 bridgehead atoms. The van der Waals surface area contributed by atoms with Crippen molar-refractivity contribution in [3.8, 4) is 11.5 Å². The van der Waals surface area contributed by atoms with Crippen LogP contribution in [0, 0.1) is 0 Å². The van der Waals surface area contributed by atoms with Gasteiger partial charge in [-0.2, -0.15) is 0 Å². The van der Waals surface area contributed by atoms with E-state index >= 15 is 0 Å². The number of nitrogens with zero attached hydrogens (tertiary/aromatic N) is 1. The molecule has 0 aliphatic carbocycles. The van der Waals surface area contributed by atoms with Gasteiger partial charge in [-0.15, -0.1) is 0 Å². The van der Waals surface area contributed by atoms with E-state index in [-0.39, 0.29) is 12.5 Å². The normalized spacial score (nSPS) is 10.2. The first-order valence-corrected chi connectivity index (χ1v) is 7.81. The molecule has 0 aliphatic rings. The summed E-state index contributed by atoms with van der Waals surface area (Å²) in [6, 6.07) is 14.7. The van der Waals surface area contributed by atoms with Crippen molar-refractivity contribution in [1.29, 1.82) is 0 Å². The number of hydrogen-bond acceptors (Lipinski definition) is 3. The average Bonchev–Trinajstić information content (AvgIpc) is 2.56. The largest absolute Gasteiger partial charge is 0.490 e. The summed E-state index contributed by atoms with van der Waals surface area (Å²) in [5.74, 6) is 1.11. The lowest BCUT2D eigenvalue weighted by molar-refractivity contribution is -0.132. The fourth-order valence-corrected chi connectivity index (χ4v) is 2.17. The molecule has 0 saturated carbocycles. The SMILES string of the molecule is CCOc1ccccc1OCC(=O)N(C)Cc1ccc(Cl)cc1. The molecule has 0 atom stereocenters. The molecule has 0 N–H and O–H groups in total. The minimum absolute atomic E-state index is 0.0336. The zero-order chi connectivity index (χ0) is 16.7. The van der Waals surface area contributed by atoms with Gasteiger partial charge in [0.25, 0.3) is 5.91 Å². The second kappa shape index (κ2) is 8.44. The van der Waals surface area contributed by atoms with Gasteiger partial charge in [-0.05, 0) is 36.8 Å². The highest BCUT2D eigenvalue weighted by Gasteiger charge is 2.12. The third-order valence-electron chi connectivity index (χ3n) is 3.26. The van der Waals surface area contributed by atoms with Gasteiger partial charge >= 0.3 is 0 Å². The van der Waals surface area contributed by atoms with Crippen molar-refractivity contribution in [3.05, 3.63) is 59.1 Å². The first-order chi connectivity index (χ1) is 11.1. The number of benzene rings is 2. The monoisotopic (exact) mass is 333 g/mol. The lowest BCUT2D eigenvalue weighted by Gasteiger charge is -2.18. The Morgan fingerprint density at radius 1 is 1.04 bits per heavy atom. The fourth-order valence-electron chi connectivity index (χ4n) is 2.05. The molecule has 0 fully saturated rings. The van der Waals surface area contributed by atoms with Gasteiger partial charge in [0, 0.05) is 18.6 Å². The Kier molecular flexibility index (Phi) is 6.29. The van der Waals surface area contributed by atoms with Crippen molar-refractivity contribution < 1.29 is 14.3 Å². The summed E-state index contributed by atoms with van der Waals surface area (Å²) in [5.41, 5.74) is 1.01. The number of rotatable bonds is 7. The Morgan fingerprint density at radius 2 is 1.65 bits per heavy atom. The smallest absolute Gasteiger partial charge is 0.260 e. The summed E-state index contributed by atoms with van der Waals surface area (Å²) in [6.07, 6.45) is 0. The van der Waals surface area contributed by atoms with Crippen LogP contribution in [-0.4, -0.2) is 31.1 Å². The maximum absolute atomic E-state index is 12.2. The number of hydrogen-bond donors (Lipinski definition) is 0. The van der Waals surface area contributed by atoms with Crippen molar-refractivity contribution in [2.75, 3.05) is 20.3 Å². The van der Waals surface area contributed by atoms with E-state index in [2.05, 4.69) is 0 Å². The van der Waals surface area contributed by atoms with Crippen LogP contribution in [0.3, 0.4) is 0 Å². The average molecular weight is 334 g/mol. The van der Waals surface area contributed by atoms with Crippen LogP contribution in [0.15, 0.2) is 48.5 Å². The minimum atomic E-state index is -0.105. The Morgan fingerprint density at radius 3 is 2.26 bits per heavy atom. The summed E-state index contributed by atoms with van der Waals surface area (Å²) >= 11 is 5.86. The summed E-state index contributed by atoms with van der Waals surface area (Å²) in [5, 5.41) is 0.679. The molecule has 1 amide bonds. The molecule has 5 heteroatoms. The van der Waals surface area contributed by atoms with E-state index in [1.807, 2.05) is 49.4 Å². The highest BCUT2D eigenvalue weighted by atomic mass is 35.5. The number of carbonyl (C=O) groups excluding carboxylic acids is 1. The third-order valence-corrected chi connectivity index (χ3v) is 3.51. The van der Waals surface area contributed by atoms with E-state index in [0.29, 0.717) is 29.7 Å². The Balaban J connectivity index is 1.90. The number of likely N-dealkylation sites (N-methyl/N-ethyl adjacent to an activating group) is 1. The highest BCUT2D eigenvalue weighted by molar-refractivity contribution is 6.30. The first-order valence-electron chi connectivity index (χ1n) is 7.43. The van der Waals surface area contributed by atoms with E-state index in [4.69, 9.17) is 21.1 Å². The molecule has 0 radical (unpaired) electrons. The number of carbonyl (C=O) groups is 1. The van der Waals surface area contributed by atoms with Crippen LogP contribution < -0.4 is 9.47 Å². The topological polar surface area (TPSA) is 38.8 Å². The molecule has 23 heavy (non-hydrogen) atoms. The molecule has 4 nitrogen and oxygen atoms in total. The molecule has 2 rings (SSSR count). The van der Waals surface area contributed by atoms with Crippen molar-refractivity contribution in [2.45, 2.75) is 13.5 Å². The molecule has 0 saturated heterocycles. The standard InChI is InChI=1S/C18H20ClNO3/c1-3-22-16-6-4-5-7-17(16)23-13-18(21)20(2)12-14-8-10-15(19)11-9-14/h4-11H,3,12-13H2,1-2H3. The summed E-state index contributed by atoms with van der Waals surface area (Å²) in [7, 11) is 1.74. The van der Waals surface area contributed by atoms with Crippen LogP contribution in [0.2, 0.25) is 5.02 Å². The van der Waals surface area contributed by atoms with E-state index in [9.17, 15) is 4.79 Å². The quantitative estimate of drug-likeness (QED) is 0.774. The number of ether oxygens (including phenoxy) is 2. The molecule has 0 spiro atoms. The van der Waals surface area contributed by atoms with Crippen LogP contribution >= 0.6 is 11.6 Å². The van der Waals surface area contributed by atoms with Crippen molar-refractivity contribution >= 4 is 17.5 Å². The zero-order valence-corrected chi connectivity index (χ0v) is 14.0. The number of para-hydroxylation sites is 2. The molecule has 0 aromatic heterocycles. The molecule has 122 valence electrons. The maximum atomic E-state index is 12.2. The van der Waals surface area contributed by atoms with Crippen LogP contribution in [0.25, 0.3) is 0 Å². The number of halogens is 1. The van der Waals surface area contributed by atoms with Gasteiger partial charge < -0.3 is 14.4 Å². The third kappa shape index (κ3) is 5.18. The van der Waals surface area contributed by atoms with Crippen LogP contribution in [0.4, 0.5) is 0 Å². The van der Waals surface area contributed by atoms with Gasteiger partial charge in [0.2, 0.25) is 0 Å². The Labute approximate surface area is 141 Å². The summed E-state index contributed by atoms with van der Waals surface area (Å²) in [4.78, 5) is 13.8. The lowest BCUT2D eigenvalue weighted by Crippen LogP contribution is -2.31. The minimum Gasteiger partial charge on any atom is -0.490 e. The van der Waals surface area contributed by atoms with Crippen LogP contribution in [0.1, 0.15) is 12.5 Å². The summed E-state index contributed by atoms with van der Waals surface area (Å²) in [6.45, 7) is 2.92. The second-order valence-electron chi connectivity index (χ2n) is 5.04. The van der Waals surface area contributed by atoms with Gasteiger partial charge in [-0.3, -0.25) is 4.79 Å². The molecule has 0 unspecified atom stereocenters. The van der Waals surface area contributed by atoms with Crippen molar-refractivity contribution in [2.24, 2.45) is 0 Å². The van der Waals surface area contributed by atoms with Crippen molar-refractivity contribution in [1.82, 2.24) is 4.90 Å². The first kappa shape index (κ1) is 17.2. The maximum Gasteiger partial charge on any atom is 0.260 e.